The minimum Gasteiger partial charge on any atom is -0.478 e. The van der Waals surface area contributed by atoms with Crippen molar-refractivity contribution in [1.82, 2.24) is 0 Å². The van der Waals surface area contributed by atoms with E-state index in [2.05, 4.69) is 0 Å². The predicted octanol–water partition coefficient (Wildman–Crippen LogP) is 2.64. The first-order valence-corrected chi connectivity index (χ1v) is 8.29. The van der Waals surface area contributed by atoms with Crippen LogP contribution in [-0.2, 0) is 14.6 Å². The van der Waals surface area contributed by atoms with Crippen molar-refractivity contribution in [2.75, 3.05) is 12.4 Å². The average Bonchev–Trinajstić information content (AvgIpc) is 2.79. The van der Waals surface area contributed by atoms with E-state index in [0.29, 0.717) is 13.0 Å². The maximum Gasteiger partial charge on any atom is 0.337 e. The number of benzene rings is 1. The summed E-state index contributed by atoms with van der Waals surface area (Å²) in [7, 11) is -3.73. The van der Waals surface area contributed by atoms with Crippen LogP contribution in [0.3, 0.4) is 0 Å². The molecule has 110 valence electrons. The van der Waals surface area contributed by atoms with E-state index in [0.717, 1.165) is 18.6 Å². The number of halogens is 2. The van der Waals surface area contributed by atoms with Gasteiger partial charge < -0.3 is 9.84 Å². The lowest BCUT2D eigenvalue weighted by atomic mass is 10.2. The highest BCUT2D eigenvalue weighted by atomic mass is 35.5. The molecule has 1 N–H and O–H groups in total. The van der Waals surface area contributed by atoms with Crippen molar-refractivity contribution in [2.24, 2.45) is 0 Å². The summed E-state index contributed by atoms with van der Waals surface area (Å²) in [5.74, 6) is -1.52. The van der Waals surface area contributed by atoms with E-state index in [1.807, 2.05) is 0 Å². The normalized spacial score (nSPS) is 19.2. The van der Waals surface area contributed by atoms with Gasteiger partial charge in [0.15, 0.2) is 9.84 Å². The molecule has 1 saturated heterocycles. The summed E-state index contributed by atoms with van der Waals surface area (Å²) >= 11 is 11.6. The molecule has 1 aromatic rings. The molecule has 1 unspecified atom stereocenters. The van der Waals surface area contributed by atoms with Crippen LogP contribution in [0.4, 0.5) is 0 Å². The molecule has 5 nitrogen and oxygen atoms in total. The van der Waals surface area contributed by atoms with Crippen LogP contribution in [0, 0.1) is 0 Å². The Balaban J connectivity index is 2.40. The number of carboxylic acid groups (broad SMARTS) is 1. The lowest BCUT2D eigenvalue weighted by Gasteiger charge is -2.12. The smallest absolute Gasteiger partial charge is 0.337 e. The molecule has 1 aromatic carbocycles. The maximum absolute atomic E-state index is 12.3. The minimum atomic E-state index is -3.73. The molecule has 0 saturated carbocycles. The van der Waals surface area contributed by atoms with E-state index in [4.69, 9.17) is 33.0 Å². The van der Waals surface area contributed by atoms with Crippen LogP contribution in [0.2, 0.25) is 10.0 Å². The average molecular weight is 339 g/mol. The van der Waals surface area contributed by atoms with Gasteiger partial charge >= 0.3 is 5.97 Å². The van der Waals surface area contributed by atoms with Crippen LogP contribution in [-0.4, -0.2) is 38.0 Å². The highest BCUT2D eigenvalue weighted by molar-refractivity contribution is 7.91. The molecule has 0 aliphatic carbocycles. The standard InChI is InChI=1S/C12H12Cl2O5S/c13-9-5-10(14)11(4-8(9)12(15)16)20(17,18)6-7-2-1-3-19-7/h4-5,7H,1-3,6H2,(H,15,16). The van der Waals surface area contributed by atoms with Gasteiger partial charge in [-0.2, -0.15) is 0 Å². The summed E-state index contributed by atoms with van der Waals surface area (Å²) in [5, 5.41) is 8.80. The maximum atomic E-state index is 12.3. The number of aromatic carboxylic acids is 1. The van der Waals surface area contributed by atoms with Gasteiger partial charge in [-0.25, -0.2) is 13.2 Å². The molecule has 8 heteroatoms. The molecule has 0 aromatic heterocycles. The molecular formula is C12H12Cl2O5S. The molecule has 0 bridgehead atoms. The molecule has 0 radical (unpaired) electrons. The molecule has 1 aliphatic heterocycles. The van der Waals surface area contributed by atoms with Crippen molar-refractivity contribution in [3.63, 3.8) is 0 Å². The van der Waals surface area contributed by atoms with Gasteiger partial charge in [0.1, 0.15) is 0 Å². The lowest BCUT2D eigenvalue weighted by molar-refractivity contribution is 0.0697. The second kappa shape index (κ2) is 5.89. The fourth-order valence-corrected chi connectivity index (χ4v) is 4.44. The molecule has 1 fully saturated rings. The Kier molecular flexibility index (Phi) is 4.59. The van der Waals surface area contributed by atoms with Crippen LogP contribution >= 0.6 is 23.2 Å². The van der Waals surface area contributed by atoms with Gasteiger partial charge in [0.2, 0.25) is 0 Å². The third kappa shape index (κ3) is 3.25. The molecule has 2 rings (SSSR count). The van der Waals surface area contributed by atoms with Gasteiger partial charge in [0.25, 0.3) is 0 Å². The Bertz CT molecular complexity index is 635. The van der Waals surface area contributed by atoms with Crippen molar-refractivity contribution in [2.45, 2.75) is 23.8 Å². The van der Waals surface area contributed by atoms with Crippen molar-refractivity contribution < 1.29 is 23.1 Å². The zero-order valence-corrected chi connectivity index (χ0v) is 12.6. The molecule has 1 aliphatic rings. The number of carboxylic acids is 1. The summed E-state index contributed by atoms with van der Waals surface area (Å²) in [4.78, 5) is 10.8. The van der Waals surface area contributed by atoms with Crippen LogP contribution in [0.1, 0.15) is 23.2 Å². The monoisotopic (exact) mass is 338 g/mol. The first-order chi connectivity index (χ1) is 9.31. The molecule has 20 heavy (non-hydrogen) atoms. The largest absolute Gasteiger partial charge is 0.478 e. The van der Waals surface area contributed by atoms with Crippen LogP contribution in [0.5, 0.6) is 0 Å². The highest BCUT2D eigenvalue weighted by Gasteiger charge is 2.28. The quantitative estimate of drug-likeness (QED) is 0.912. The Hall–Kier alpha value is -0.820. The lowest BCUT2D eigenvalue weighted by Crippen LogP contribution is -2.21. The number of carbonyl (C=O) groups is 1. The van der Waals surface area contributed by atoms with Crippen LogP contribution < -0.4 is 0 Å². The van der Waals surface area contributed by atoms with Gasteiger partial charge in [-0.15, -0.1) is 0 Å². The number of hydrogen-bond acceptors (Lipinski definition) is 4. The zero-order chi connectivity index (χ0) is 14.9. The third-order valence-electron chi connectivity index (χ3n) is 3.02. The molecular weight excluding hydrogens is 327 g/mol. The van der Waals surface area contributed by atoms with E-state index in [-0.39, 0.29) is 32.4 Å². The van der Waals surface area contributed by atoms with Crippen LogP contribution in [0.15, 0.2) is 17.0 Å². The van der Waals surface area contributed by atoms with Gasteiger partial charge in [-0.3, -0.25) is 0 Å². The van der Waals surface area contributed by atoms with Gasteiger partial charge in [-0.05, 0) is 25.0 Å². The first kappa shape index (κ1) is 15.6. The number of hydrogen-bond donors (Lipinski definition) is 1. The minimum absolute atomic E-state index is 0.0852. The van der Waals surface area contributed by atoms with Crippen molar-refractivity contribution >= 4 is 39.0 Å². The second-order valence-electron chi connectivity index (χ2n) is 4.48. The summed E-state index contributed by atoms with van der Waals surface area (Å²) < 4.78 is 29.9. The van der Waals surface area contributed by atoms with Crippen molar-refractivity contribution in [1.29, 1.82) is 0 Å². The van der Waals surface area contributed by atoms with E-state index in [1.54, 1.807) is 0 Å². The molecule has 1 heterocycles. The Morgan fingerprint density at radius 3 is 2.60 bits per heavy atom. The molecule has 1 atom stereocenters. The summed E-state index contributed by atoms with van der Waals surface area (Å²) in [6.45, 7) is 0.537. The van der Waals surface area contributed by atoms with E-state index >= 15 is 0 Å². The molecule has 0 amide bonds. The van der Waals surface area contributed by atoms with Gasteiger partial charge in [0.05, 0.1) is 32.4 Å². The topological polar surface area (TPSA) is 80.7 Å². The third-order valence-corrected chi connectivity index (χ3v) is 5.57. The fourth-order valence-electron chi connectivity index (χ4n) is 2.04. The van der Waals surface area contributed by atoms with Crippen molar-refractivity contribution in [3.8, 4) is 0 Å². The van der Waals surface area contributed by atoms with E-state index in [1.165, 1.54) is 0 Å². The number of sulfone groups is 1. The Labute approximate surface area is 126 Å². The highest BCUT2D eigenvalue weighted by Crippen LogP contribution is 2.30. The Morgan fingerprint density at radius 1 is 1.35 bits per heavy atom. The Morgan fingerprint density at radius 2 is 2.05 bits per heavy atom. The number of ether oxygens (including phenoxy) is 1. The van der Waals surface area contributed by atoms with Gasteiger partial charge in [-0.1, -0.05) is 23.2 Å². The second-order valence-corrected chi connectivity index (χ2v) is 7.30. The summed E-state index contributed by atoms with van der Waals surface area (Å²) in [5.41, 5.74) is -0.290. The van der Waals surface area contributed by atoms with Crippen LogP contribution in [0.25, 0.3) is 0 Å². The van der Waals surface area contributed by atoms with Crippen molar-refractivity contribution in [3.05, 3.63) is 27.7 Å². The predicted molar refractivity (Wildman–Crippen MR) is 74.4 cm³/mol. The SMILES string of the molecule is O=C(O)c1cc(S(=O)(=O)CC2CCCO2)c(Cl)cc1Cl. The summed E-state index contributed by atoms with van der Waals surface area (Å²) in [6.07, 6.45) is 1.10. The van der Waals surface area contributed by atoms with Gasteiger partial charge in [0, 0.05) is 6.61 Å². The zero-order valence-electron chi connectivity index (χ0n) is 10.3. The molecule has 0 spiro atoms. The fraction of sp³-hybridized carbons (Fsp3) is 0.417. The van der Waals surface area contributed by atoms with E-state index in [9.17, 15) is 13.2 Å². The van der Waals surface area contributed by atoms with E-state index < -0.39 is 15.8 Å². The summed E-state index contributed by atoms with van der Waals surface area (Å²) in [6, 6.07) is 2.13. The number of rotatable bonds is 4. The first-order valence-electron chi connectivity index (χ1n) is 5.88.